The average Bonchev–Trinajstić information content (AvgIpc) is 3.11. The van der Waals surface area contributed by atoms with Gasteiger partial charge in [-0.3, -0.25) is 14.5 Å². The first kappa shape index (κ1) is 25.0. The van der Waals surface area contributed by atoms with E-state index < -0.39 is 17.7 Å². The number of rotatable bonds is 7. The molecule has 0 aromatic heterocycles. The molecule has 1 atom stereocenters. The zero-order valence-corrected chi connectivity index (χ0v) is 21.2. The number of aliphatic hydroxyl groups is 1. The molecule has 0 spiro atoms. The van der Waals surface area contributed by atoms with E-state index in [0.717, 1.165) is 11.1 Å². The zero-order chi connectivity index (χ0) is 26.0. The molecule has 1 unspecified atom stereocenters. The number of carbonyl (C=O) groups excluding carboxylic acids is 2. The van der Waals surface area contributed by atoms with Gasteiger partial charge in [0.1, 0.15) is 17.3 Å². The minimum atomic E-state index is -0.825. The van der Waals surface area contributed by atoms with Gasteiger partial charge in [-0.05, 0) is 99.8 Å². The molecule has 0 aliphatic carbocycles. The van der Waals surface area contributed by atoms with Crippen molar-refractivity contribution in [2.75, 3.05) is 11.5 Å². The molecule has 1 aliphatic rings. The van der Waals surface area contributed by atoms with E-state index in [4.69, 9.17) is 9.47 Å². The summed E-state index contributed by atoms with van der Waals surface area (Å²) in [6.07, 6.45) is -0.0461. The molecule has 4 rings (SSSR count). The molecular weight excluding hydrogens is 454 g/mol. The molecule has 0 bridgehead atoms. The highest BCUT2D eigenvalue weighted by Crippen LogP contribution is 2.43. The third-order valence-corrected chi connectivity index (χ3v) is 6.20. The van der Waals surface area contributed by atoms with Gasteiger partial charge in [-0.25, -0.2) is 0 Å². The van der Waals surface area contributed by atoms with Crippen molar-refractivity contribution in [3.8, 4) is 11.5 Å². The number of ketones is 1. The number of amides is 1. The van der Waals surface area contributed by atoms with Crippen molar-refractivity contribution in [2.24, 2.45) is 0 Å². The lowest BCUT2D eigenvalue weighted by Crippen LogP contribution is -2.29. The van der Waals surface area contributed by atoms with Gasteiger partial charge >= 0.3 is 0 Å². The topological polar surface area (TPSA) is 76.1 Å². The zero-order valence-electron chi connectivity index (χ0n) is 21.2. The number of hydrogen-bond acceptors (Lipinski definition) is 5. The maximum Gasteiger partial charge on any atom is 0.300 e. The number of benzene rings is 3. The predicted octanol–water partition coefficient (Wildman–Crippen LogP) is 6.12. The molecule has 1 aliphatic heterocycles. The van der Waals surface area contributed by atoms with Crippen LogP contribution in [-0.2, 0) is 9.59 Å². The second-order valence-electron chi connectivity index (χ2n) is 9.13. The summed E-state index contributed by atoms with van der Waals surface area (Å²) < 4.78 is 11.4. The van der Waals surface area contributed by atoms with E-state index in [1.54, 1.807) is 24.3 Å². The van der Waals surface area contributed by atoms with E-state index in [9.17, 15) is 14.7 Å². The lowest BCUT2D eigenvalue weighted by Gasteiger charge is -2.26. The van der Waals surface area contributed by atoms with Crippen molar-refractivity contribution in [2.45, 2.75) is 46.8 Å². The maximum absolute atomic E-state index is 13.4. The lowest BCUT2D eigenvalue weighted by molar-refractivity contribution is -0.132. The summed E-state index contributed by atoms with van der Waals surface area (Å²) in [5.74, 6) is -0.386. The van der Waals surface area contributed by atoms with Gasteiger partial charge in [0.25, 0.3) is 11.7 Å². The number of anilines is 1. The SMILES string of the molecule is CCOc1ccc(/C(O)=C2\C(=O)C(=O)N(c3ccc(C)c(C)c3)C2c2cccc(OC(C)C)c2)cc1. The van der Waals surface area contributed by atoms with Crippen LogP contribution >= 0.6 is 0 Å². The Morgan fingerprint density at radius 2 is 1.67 bits per heavy atom. The van der Waals surface area contributed by atoms with Crippen LogP contribution in [0.2, 0.25) is 0 Å². The van der Waals surface area contributed by atoms with Crippen LogP contribution in [0.4, 0.5) is 5.69 Å². The van der Waals surface area contributed by atoms with Crippen molar-refractivity contribution >= 4 is 23.1 Å². The predicted molar refractivity (Wildman–Crippen MR) is 141 cm³/mol. The Morgan fingerprint density at radius 3 is 2.31 bits per heavy atom. The second kappa shape index (κ2) is 10.3. The van der Waals surface area contributed by atoms with Crippen LogP contribution in [-0.4, -0.2) is 29.5 Å². The van der Waals surface area contributed by atoms with Crippen LogP contribution in [0.15, 0.2) is 72.3 Å². The fourth-order valence-electron chi connectivity index (χ4n) is 4.35. The second-order valence-corrected chi connectivity index (χ2v) is 9.13. The fraction of sp³-hybridized carbons (Fsp3) is 0.267. The van der Waals surface area contributed by atoms with Crippen molar-refractivity contribution in [1.29, 1.82) is 0 Å². The van der Waals surface area contributed by atoms with Gasteiger partial charge in [0.2, 0.25) is 0 Å². The van der Waals surface area contributed by atoms with E-state index >= 15 is 0 Å². The number of aryl methyl sites for hydroxylation is 2. The van der Waals surface area contributed by atoms with Crippen molar-refractivity contribution in [1.82, 2.24) is 0 Å². The highest BCUT2D eigenvalue weighted by Gasteiger charge is 2.47. The highest BCUT2D eigenvalue weighted by atomic mass is 16.5. The van der Waals surface area contributed by atoms with Crippen LogP contribution in [0.1, 0.15) is 49.1 Å². The number of ether oxygens (including phenoxy) is 2. The number of aliphatic hydroxyl groups excluding tert-OH is 1. The molecule has 36 heavy (non-hydrogen) atoms. The Kier molecular flexibility index (Phi) is 7.15. The summed E-state index contributed by atoms with van der Waals surface area (Å²) >= 11 is 0. The van der Waals surface area contributed by atoms with Gasteiger partial charge in [-0.1, -0.05) is 18.2 Å². The molecule has 1 fully saturated rings. The summed E-state index contributed by atoms with van der Waals surface area (Å²) in [5.41, 5.74) is 3.79. The standard InChI is InChI=1S/C30H31NO5/c1-6-35-24-14-11-21(12-15-24)28(32)26-27(22-8-7-9-25(17-22)36-18(2)3)31(30(34)29(26)33)23-13-10-19(4)20(5)16-23/h7-18,27,32H,6H2,1-5H3/b28-26+. The van der Waals surface area contributed by atoms with Crippen LogP contribution in [0.5, 0.6) is 11.5 Å². The Morgan fingerprint density at radius 1 is 0.944 bits per heavy atom. The molecule has 1 saturated heterocycles. The van der Waals surface area contributed by atoms with E-state index in [2.05, 4.69) is 0 Å². The number of carbonyl (C=O) groups is 2. The van der Waals surface area contributed by atoms with Gasteiger partial charge < -0.3 is 14.6 Å². The van der Waals surface area contributed by atoms with Crippen LogP contribution in [0, 0.1) is 13.8 Å². The van der Waals surface area contributed by atoms with Gasteiger partial charge in [-0.2, -0.15) is 0 Å². The Labute approximate surface area is 211 Å². The monoisotopic (exact) mass is 485 g/mol. The van der Waals surface area contributed by atoms with Crippen LogP contribution in [0.25, 0.3) is 5.76 Å². The number of hydrogen-bond donors (Lipinski definition) is 1. The third kappa shape index (κ3) is 4.85. The summed E-state index contributed by atoms with van der Waals surface area (Å²) in [7, 11) is 0. The summed E-state index contributed by atoms with van der Waals surface area (Å²) in [6, 6.07) is 18.9. The first-order valence-electron chi connectivity index (χ1n) is 12.1. The molecule has 3 aromatic carbocycles. The first-order valence-corrected chi connectivity index (χ1v) is 12.1. The van der Waals surface area contributed by atoms with Crippen molar-refractivity contribution in [3.63, 3.8) is 0 Å². The molecule has 1 N–H and O–H groups in total. The van der Waals surface area contributed by atoms with Gasteiger partial charge in [-0.15, -0.1) is 0 Å². The Hall–Kier alpha value is -4.06. The molecule has 186 valence electrons. The van der Waals surface area contributed by atoms with Crippen molar-refractivity contribution in [3.05, 3.63) is 94.6 Å². The Bertz CT molecular complexity index is 1320. The molecule has 0 radical (unpaired) electrons. The minimum absolute atomic E-state index is 0.0316. The normalized spacial score (nSPS) is 17.1. The molecule has 1 amide bonds. The minimum Gasteiger partial charge on any atom is -0.507 e. The molecule has 6 heteroatoms. The van der Waals surface area contributed by atoms with Crippen LogP contribution in [0.3, 0.4) is 0 Å². The molecule has 0 saturated carbocycles. The molecular formula is C30H31NO5. The van der Waals surface area contributed by atoms with E-state index in [0.29, 0.717) is 34.9 Å². The number of Topliss-reactive ketones (excluding diaryl/α,β-unsaturated/α-hetero) is 1. The summed E-state index contributed by atoms with van der Waals surface area (Å²) in [4.78, 5) is 28.3. The molecule has 3 aromatic rings. The van der Waals surface area contributed by atoms with E-state index in [1.165, 1.54) is 4.90 Å². The smallest absolute Gasteiger partial charge is 0.300 e. The summed E-state index contributed by atoms with van der Waals surface area (Å²) in [6.45, 7) is 10.2. The van der Waals surface area contributed by atoms with Gasteiger partial charge in [0, 0.05) is 11.3 Å². The van der Waals surface area contributed by atoms with E-state index in [1.807, 2.05) is 77.1 Å². The fourth-order valence-corrected chi connectivity index (χ4v) is 4.35. The molecule has 6 nitrogen and oxygen atoms in total. The molecule has 1 heterocycles. The van der Waals surface area contributed by atoms with Crippen LogP contribution < -0.4 is 14.4 Å². The lowest BCUT2D eigenvalue weighted by atomic mass is 9.94. The van der Waals surface area contributed by atoms with Crippen molar-refractivity contribution < 1.29 is 24.2 Å². The Balaban J connectivity index is 1.90. The van der Waals surface area contributed by atoms with Gasteiger partial charge in [0.05, 0.1) is 24.3 Å². The van der Waals surface area contributed by atoms with E-state index in [-0.39, 0.29) is 17.4 Å². The highest BCUT2D eigenvalue weighted by molar-refractivity contribution is 6.51. The third-order valence-electron chi connectivity index (χ3n) is 6.20. The largest absolute Gasteiger partial charge is 0.507 e. The average molecular weight is 486 g/mol. The number of nitrogens with zero attached hydrogens (tertiary/aromatic N) is 1. The summed E-state index contributed by atoms with van der Waals surface area (Å²) in [5, 5.41) is 11.3. The first-order chi connectivity index (χ1) is 17.2. The van der Waals surface area contributed by atoms with Gasteiger partial charge in [0.15, 0.2) is 0 Å². The maximum atomic E-state index is 13.4. The quantitative estimate of drug-likeness (QED) is 0.248.